The quantitative estimate of drug-likeness (QED) is 0.150. The molecule has 1 aliphatic heterocycles. The molecule has 1 aliphatic rings. The SMILES string of the molecule is CCCCCCCCC(CCCC1(CC)COC1)C(CC)(OCCC)OCCC. The average Bonchev–Trinajstić information content (AvgIpc) is 2.72. The van der Waals surface area contributed by atoms with E-state index in [1.807, 2.05) is 0 Å². The summed E-state index contributed by atoms with van der Waals surface area (Å²) in [6.45, 7) is 14.8. The van der Waals surface area contributed by atoms with Crippen LogP contribution in [0.5, 0.6) is 0 Å². The molecule has 1 rings (SSSR count). The summed E-state index contributed by atoms with van der Waals surface area (Å²) in [5, 5.41) is 0. The van der Waals surface area contributed by atoms with E-state index in [0.717, 1.165) is 45.7 Å². The molecule has 0 bridgehead atoms. The van der Waals surface area contributed by atoms with Crippen LogP contribution in [0.2, 0.25) is 0 Å². The van der Waals surface area contributed by atoms with E-state index in [9.17, 15) is 0 Å². The van der Waals surface area contributed by atoms with Crippen molar-refractivity contribution in [2.45, 2.75) is 130 Å². The van der Waals surface area contributed by atoms with E-state index in [0.29, 0.717) is 11.3 Å². The molecule has 1 fully saturated rings. The van der Waals surface area contributed by atoms with Gasteiger partial charge in [-0.05, 0) is 44.9 Å². The monoisotopic (exact) mass is 412 g/mol. The Bertz CT molecular complexity index is 365. The van der Waals surface area contributed by atoms with Gasteiger partial charge in [0.05, 0.1) is 13.2 Å². The lowest BCUT2D eigenvalue weighted by Gasteiger charge is -2.43. The molecule has 0 aliphatic carbocycles. The molecule has 0 aromatic heterocycles. The maximum atomic E-state index is 6.49. The first-order valence-electron chi connectivity index (χ1n) is 13.0. The Hall–Kier alpha value is -0.120. The standard InChI is InChI=1S/C26H52O3/c1-6-11-12-13-14-15-17-24(18-16-19-25(9-4)22-27-23-25)26(10-5,28-20-7-2)29-21-8-3/h24H,6-23H2,1-5H3. The van der Waals surface area contributed by atoms with Crippen LogP contribution in [-0.4, -0.2) is 32.2 Å². The van der Waals surface area contributed by atoms with Crippen molar-refractivity contribution in [1.29, 1.82) is 0 Å². The lowest BCUT2D eigenvalue weighted by atomic mass is 9.76. The molecule has 0 N–H and O–H groups in total. The van der Waals surface area contributed by atoms with E-state index >= 15 is 0 Å². The number of rotatable bonds is 20. The van der Waals surface area contributed by atoms with Crippen LogP contribution in [0.15, 0.2) is 0 Å². The molecule has 0 radical (unpaired) electrons. The summed E-state index contributed by atoms with van der Waals surface area (Å²) in [6.07, 6.45) is 17.4. The van der Waals surface area contributed by atoms with Crippen LogP contribution in [0, 0.1) is 11.3 Å². The lowest BCUT2D eigenvalue weighted by Crippen LogP contribution is -2.45. The number of hydrogen-bond acceptors (Lipinski definition) is 3. The summed E-state index contributed by atoms with van der Waals surface area (Å²) in [5.74, 6) is 0.122. The predicted octanol–water partition coefficient (Wildman–Crippen LogP) is 7.91. The molecule has 0 aromatic carbocycles. The Balaban J connectivity index is 2.71. The van der Waals surface area contributed by atoms with E-state index in [1.165, 1.54) is 70.6 Å². The third-order valence-electron chi connectivity index (χ3n) is 6.95. The summed E-state index contributed by atoms with van der Waals surface area (Å²) < 4.78 is 18.5. The fraction of sp³-hybridized carbons (Fsp3) is 1.00. The lowest BCUT2D eigenvalue weighted by molar-refractivity contribution is -0.272. The van der Waals surface area contributed by atoms with Crippen LogP contribution in [-0.2, 0) is 14.2 Å². The average molecular weight is 413 g/mol. The summed E-state index contributed by atoms with van der Waals surface area (Å²) in [6, 6.07) is 0. The van der Waals surface area contributed by atoms with E-state index in [-0.39, 0.29) is 5.79 Å². The van der Waals surface area contributed by atoms with Crippen LogP contribution in [0.1, 0.15) is 125 Å². The Morgan fingerprint density at radius 2 is 1.34 bits per heavy atom. The Labute approximate surface area is 182 Å². The molecular weight excluding hydrogens is 360 g/mol. The van der Waals surface area contributed by atoms with Gasteiger partial charge in [0.1, 0.15) is 0 Å². The highest BCUT2D eigenvalue weighted by Gasteiger charge is 2.40. The zero-order valence-electron chi connectivity index (χ0n) is 20.5. The van der Waals surface area contributed by atoms with Crippen molar-refractivity contribution in [3.05, 3.63) is 0 Å². The molecule has 3 nitrogen and oxygen atoms in total. The minimum atomic E-state index is -0.384. The third kappa shape index (κ3) is 9.27. The van der Waals surface area contributed by atoms with Gasteiger partial charge < -0.3 is 14.2 Å². The highest BCUT2D eigenvalue weighted by atomic mass is 16.7. The van der Waals surface area contributed by atoms with Crippen molar-refractivity contribution in [3.8, 4) is 0 Å². The fourth-order valence-electron chi connectivity index (χ4n) is 4.71. The van der Waals surface area contributed by atoms with Gasteiger partial charge in [0, 0.05) is 24.5 Å². The van der Waals surface area contributed by atoms with Gasteiger partial charge in [-0.3, -0.25) is 0 Å². The Morgan fingerprint density at radius 3 is 1.83 bits per heavy atom. The second kappa shape index (κ2) is 15.6. The maximum absolute atomic E-state index is 6.49. The van der Waals surface area contributed by atoms with Gasteiger partial charge in [0.25, 0.3) is 0 Å². The molecule has 0 saturated carbocycles. The molecule has 1 heterocycles. The van der Waals surface area contributed by atoms with Crippen molar-refractivity contribution in [1.82, 2.24) is 0 Å². The molecule has 1 saturated heterocycles. The number of unbranched alkanes of at least 4 members (excludes halogenated alkanes) is 5. The van der Waals surface area contributed by atoms with Gasteiger partial charge in [-0.25, -0.2) is 0 Å². The van der Waals surface area contributed by atoms with Crippen LogP contribution in [0.3, 0.4) is 0 Å². The smallest absolute Gasteiger partial charge is 0.170 e. The van der Waals surface area contributed by atoms with E-state index < -0.39 is 0 Å². The van der Waals surface area contributed by atoms with Gasteiger partial charge in [0.2, 0.25) is 0 Å². The zero-order chi connectivity index (χ0) is 21.4. The van der Waals surface area contributed by atoms with Crippen LogP contribution in [0.4, 0.5) is 0 Å². The molecule has 29 heavy (non-hydrogen) atoms. The van der Waals surface area contributed by atoms with Gasteiger partial charge in [-0.15, -0.1) is 0 Å². The Morgan fingerprint density at radius 1 is 0.759 bits per heavy atom. The topological polar surface area (TPSA) is 27.7 Å². The summed E-state index contributed by atoms with van der Waals surface area (Å²) in [5.41, 5.74) is 0.453. The maximum Gasteiger partial charge on any atom is 0.170 e. The van der Waals surface area contributed by atoms with E-state index in [4.69, 9.17) is 14.2 Å². The highest BCUT2D eigenvalue weighted by molar-refractivity contribution is 4.86. The molecule has 0 aromatic rings. The first kappa shape index (κ1) is 26.9. The first-order chi connectivity index (χ1) is 14.1. The molecule has 174 valence electrons. The van der Waals surface area contributed by atoms with Gasteiger partial charge >= 0.3 is 0 Å². The summed E-state index contributed by atoms with van der Waals surface area (Å²) in [7, 11) is 0. The normalized spacial score (nSPS) is 17.3. The second-order valence-corrected chi connectivity index (χ2v) is 9.35. The largest absolute Gasteiger partial charge is 0.380 e. The molecule has 1 atom stereocenters. The van der Waals surface area contributed by atoms with E-state index in [1.54, 1.807) is 0 Å². The molecular formula is C26H52O3. The Kier molecular flexibility index (Phi) is 14.5. The summed E-state index contributed by atoms with van der Waals surface area (Å²) >= 11 is 0. The van der Waals surface area contributed by atoms with Gasteiger partial charge in [-0.2, -0.15) is 0 Å². The van der Waals surface area contributed by atoms with Crippen molar-refractivity contribution in [3.63, 3.8) is 0 Å². The summed E-state index contributed by atoms with van der Waals surface area (Å²) in [4.78, 5) is 0. The minimum Gasteiger partial charge on any atom is -0.380 e. The van der Waals surface area contributed by atoms with E-state index in [2.05, 4.69) is 34.6 Å². The van der Waals surface area contributed by atoms with Crippen molar-refractivity contribution < 1.29 is 14.2 Å². The van der Waals surface area contributed by atoms with Crippen LogP contribution in [0.25, 0.3) is 0 Å². The fourth-order valence-corrected chi connectivity index (χ4v) is 4.71. The van der Waals surface area contributed by atoms with Crippen molar-refractivity contribution in [2.75, 3.05) is 26.4 Å². The van der Waals surface area contributed by atoms with Gasteiger partial charge in [-0.1, -0.05) is 79.6 Å². The van der Waals surface area contributed by atoms with Crippen LogP contribution < -0.4 is 0 Å². The highest BCUT2D eigenvalue weighted by Crippen LogP contribution is 2.40. The first-order valence-corrected chi connectivity index (χ1v) is 13.0. The van der Waals surface area contributed by atoms with Crippen molar-refractivity contribution in [2.24, 2.45) is 11.3 Å². The molecule has 0 spiro atoms. The molecule has 0 amide bonds. The van der Waals surface area contributed by atoms with Gasteiger partial charge in [0.15, 0.2) is 5.79 Å². The third-order valence-corrected chi connectivity index (χ3v) is 6.95. The van der Waals surface area contributed by atoms with Crippen LogP contribution >= 0.6 is 0 Å². The zero-order valence-corrected chi connectivity index (χ0v) is 20.5. The predicted molar refractivity (Wildman–Crippen MR) is 124 cm³/mol. The second-order valence-electron chi connectivity index (χ2n) is 9.35. The number of ether oxygens (including phenoxy) is 3. The number of hydrogen-bond donors (Lipinski definition) is 0. The minimum absolute atomic E-state index is 0.384. The molecule has 3 heteroatoms. The van der Waals surface area contributed by atoms with Crippen molar-refractivity contribution >= 4 is 0 Å². The molecule has 1 unspecified atom stereocenters.